The molecule has 0 bridgehead atoms. The highest BCUT2D eigenvalue weighted by molar-refractivity contribution is 7.91. The number of ketones is 1. The zero-order valence-electron chi connectivity index (χ0n) is 18.5. The Morgan fingerprint density at radius 2 is 1.77 bits per heavy atom. The number of amides is 1. The van der Waals surface area contributed by atoms with Crippen molar-refractivity contribution in [2.24, 2.45) is 0 Å². The van der Waals surface area contributed by atoms with Gasteiger partial charge in [0.1, 0.15) is 0 Å². The predicted octanol–water partition coefficient (Wildman–Crippen LogP) is 2.96. The zero-order chi connectivity index (χ0) is 22.9. The number of nitrogens with zero attached hydrogens (tertiary/aromatic N) is 1. The minimum atomic E-state index is -3.11. The number of aryl methyl sites for hydroxylation is 1. The van der Waals surface area contributed by atoms with E-state index in [0.29, 0.717) is 18.5 Å². The second-order valence-corrected chi connectivity index (χ2v) is 10.2. The van der Waals surface area contributed by atoms with E-state index in [1.165, 1.54) is 16.9 Å². The number of hydrogen-bond donors (Lipinski definition) is 0. The SMILES string of the molecule is CCCCCc1ccc(C(=O)CCC(=O)OCC(=O)N(CC)C2CCS(=O)(=O)C2)cc1. The van der Waals surface area contributed by atoms with E-state index in [9.17, 15) is 22.8 Å². The van der Waals surface area contributed by atoms with Gasteiger partial charge in [-0.2, -0.15) is 0 Å². The van der Waals surface area contributed by atoms with Crippen molar-refractivity contribution in [1.29, 1.82) is 0 Å². The van der Waals surface area contributed by atoms with Crippen LogP contribution in [0.4, 0.5) is 0 Å². The van der Waals surface area contributed by atoms with Gasteiger partial charge in [-0.15, -0.1) is 0 Å². The van der Waals surface area contributed by atoms with E-state index in [4.69, 9.17) is 4.74 Å². The summed E-state index contributed by atoms with van der Waals surface area (Å²) in [6.07, 6.45) is 4.78. The zero-order valence-corrected chi connectivity index (χ0v) is 19.3. The summed E-state index contributed by atoms with van der Waals surface area (Å²) in [4.78, 5) is 38.1. The summed E-state index contributed by atoms with van der Waals surface area (Å²) in [6, 6.07) is 7.10. The molecule has 0 aliphatic carbocycles. The summed E-state index contributed by atoms with van der Waals surface area (Å²) in [7, 11) is -3.11. The average Bonchev–Trinajstić information content (AvgIpc) is 3.11. The van der Waals surface area contributed by atoms with Crippen LogP contribution in [0.3, 0.4) is 0 Å². The molecule has 1 aliphatic heterocycles. The molecule has 0 spiro atoms. The van der Waals surface area contributed by atoms with Gasteiger partial charge in [-0.25, -0.2) is 8.42 Å². The van der Waals surface area contributed by atoms with E-state index < -0.39 is 28.3 Å². The van der Waals surface area contributed by atoms with Crippen LogP contribution in [-0.2, 0) is 30.6 Å². The maximum Gasteiger partial charge on any atom is 0.306 e. The fraction of sp³-hybridized carbons (Fsp3) is 0.609. The molecule has 1 heterocycles. The van der Waals surface area contributed by atoms with Crippen molar-refractivity contribution >= 4 is 27.5 Å². The third-order valence-electron chi connectivity index (χ3n) is 5.57. The molecule has 0 saturated carbocycles. The summed E-state index contributed by atoms with van der Waals surface area (Å²) in [6.45, 7) is 3.83. The second-order valence-electron chi connectivity index (χ2n) is 7.97. The summed E-state index contributed by atoms with van der Waals surface area (Å²) in [5.74, 6) is -1.15. The number of hydrogen-bond acceptors (Lipinski definition) is 6. The number of Topliss-reactive ketones (excluding diaryl/α,β-unsaturated/α-hetero) is 1. The van der Waals surface area contributed by atoms with E-state index in [0.717, 1.165) is 19.3 Å². The number of unbranched alkanes of at least 4 members (excludes halogenated alkanes) is 2. The first-order valence-electron chi connectivity index (χ1n) is 11.0. The predicted molar refractivity (Wildman–Crippen MR) is 119 cm³/mol. The Labute approximate surface area is 185 Å². The fourth-order valence-corrected chi connectivity index (χ4v) is 5.48. The van der Waals surface area contributed by atoms with Gasteiger partial charge in [0.15, 0.2) is 22.2 Å². The Bertz CT molecular complexity index is 863. The second kappa shape index (κ2) is 12.0. The topological polar surface area (TPSA) is 97.8 Å². The largest absolute Gasteiger partial charge is 0.456 e. The van der Waals surface area contributed by atoms with Crippen LogP contribution in [0.2, 0.25) is 0 Å². The van der Waals surface area contributed by atoms with Crippen LogP contribution >= 0.6 is 0 Å². The van der Waals surface area contributed by atoms with Crippen molar-refractivity contribution in [2.45, 2.75) is 64.8 Å². The number of sulfone groups is 1. The smallest absolute Gasteiger partial charge is 0.306 e. The van der Waals surface area contributed by atoms with Gasteiger partial charge in [0.2, 0.25) is 0 Å². The van der Waals surface area contributed by atoms with Gasteiger partial charge in [-0.1, -0.05) is 44.0 Å². The van der Waals surface area contributed by atoms with E-state index in [1.807, 2.05) is 12.1 Å². The Kier molecular flexibility index (Phi) is 9.68. The molecular formula is C23H33NO6S. The molecule has 1 atom stereocenters. The number of carbonyl (C=O) groups is 3. The van der Waals surface area contributed by atoms with Crippen LogP contribution in [0.5, 0.6) is 0 Å². The molecule has 31 heavy (non-hydrogen) atoms. The molecule has 1 aromatic carbocycles. The molecule has 1 aliphatic rings. The van der Waals surface area contributed by atoms with Crippen LogP contribution < -0.4 is 0 Å². The summed E-state index contributed by atoms with van der Waals surface area (Å²) in [5.41, 5.74) is 1.75. The number of carbonyl (C=O) groups excluding carboxylic acids is 3. The molecule has 8 heteroatoms. The van der Waals surface area contributed by atoms with Crippen molar-refractivity contribution in [3.8, 4) is 0 Å². The molecule has 1 fully saturated rings. The van der Waals surface area contributed by atoms with Gasteiger partial charge in [0, 0.05) is 24.6 Å². The number of benzene rings is 1. The maximum atomic E-state index is 12.3. The highest BCUT2D eigenvalue weighted by Crippen LogP contribution is 2.18. The molecule has 172 valence electrons. The number of esters is 1. The van der Waals surface area contributed by atoms with Crippen molar-refractivity contribution < 1.29 is 27.5 Å². The lowest BCUT2D eigenvalue weighted by Crippen LogP contribution is -2.43. The van der Waals surface area contributed by atoms with Gasteiger partial charge in [0.05, 0.1) is 17.9 Å². The summed E-state index contributed by atoms with van der Waals surface area (Å²) in [5, 5.41) is 0. The molecule has 2 rings (SSSR count). The van der Waals surface area contributed by atoms with E-state index in [2.05, 4.69) is 6.92 Å². The minimum Gasteiger partial charge on any atom is -0.456 e. The van der Waals surface area contributed by atoms with Gasteiger partial charge >= 0.3 is 5.97 Å². The molecule has 0 radical (unpaired) electrons. The molecule has 1 amide bonds. The summed E-state index contributed by atoms with van der Waals surface area (Å²) < 4.78 is 28.3. The number of likely N-dealkylation sites (N-methyl/N-ethyl adjacent to an activating group) is 1. The first kappa shape index (κ1) is 25.0. The van der Waals surface area contributed by atoms with E-state index in [-0.39, 0.29) is 36.2 Å². The van der Waals surface area contributed by atoms with Crippen molar-refractivity contribution in [1.82, 2.24) is 4.90 Å². The average molecular weight is 452 g/mol. The first-order valence-corrected chi connectivity index (χ1v) is 12.9. The Balaban J connectivity index is 1.74. The highest BCUT2D eigenvalue weighted by Gasteiger charge is 2.34. The molecular weight excluding hydrogens is 418 g/mol. The molecule has 1 unspecified atom stereocenters. The molecule has 1 saturated heterocycles. The number of rotatable bonds is 12. The maximum absolute atomic E-state index is 12.3. The third-order valence-corrected chi connectivity index (χ3v) is 7.32. The lowest BCUT2D eigenvalue weighted by molar-refractivity contribution is -0.152. The van der Waals surface area contributed by atoms with Gasteiger partial charge in [-0.3, -0.25) is 14.4 Å². The molecule has 0 N–H and O–H groups in total. The first-order chi connectivity index (χ1) is 14.8. The van der Waals surface area contributed by atoms with Crippen molar-refractivity contribution in [2.75, 3.05) is 24.7 Å². The van der Waals surface area contributed by atoms with Gasteiger partial charge < -0.3 is 9.64 Å². The van der Waals surface area contributed by atoms with Crippen LogP contribution in [0.25, 0.3) is 0 Å². The fourth-order valence-electron chi connectivity index (χ4n) is 3.75. The number of ether oxygens (including phenoxy) is 1. The van der Waals surface area contributed by atoms with Crippen LogP contribution in [0.1, 0.15) is 68.3 Å². The lowest BCUT2D eigenvalue weighted by atomic mass is 10.0. The summed E-state index contributed by atoms with van der Waals surface area (Å²) >= 11 is 0. The van der Waals surface area contributed by atoms with Crippen molar-refractivity contribution in [3.05, 3.63) is 35.4 Å². The highest BCUT2D eigenvalue weighted by atomic mass is 32.2. The Morgan fingerprint density at radius 3 is 2.35 bits per heavy atom. The molecule has 0 aromatic heterocycles. The third kappa shape index (κ3) is 8.09. The quantitative estimate of drug-likeness (QED) is 0.275. The van der Waals surface area contributed by atoms with Gasteiger partial charge in [0.25, 0.3) is 5.91 Å². The normalized spacial score (nSPS) is 17.3. The minimum absolute atomic E-state index is 0.0145. The van der Waals surface area contributed by atoms with E-state index in [1.54, 1.807) is 19.1 Å². The Hall–Kier alpha value is -2.22. The van der Waals surface area contributed by atoms with Crippen LogP contribution in [-0.4, -0.2) is 61.7 Å². The monoisotopic (exact) mass is 451 g/mol. The van der Waals surface area contributed by atoms with Crippen molar-refractivity contribution in [3.63, 3.8) is 0 Å². The lowest BCUT2D eigenvalue weighted by Gasteiger charge is -2.26. The van der Waals surface area contributed by atoms with Crippen LogP contribution in [0, 0.1) is 0 Å². The molecule has 7 nitrogen and oxygen atoms in total. The van der Waals surface area contributed by atoms with E-state index >= 15 is 0 Å². The van der Waals surface area contributed by atoms with Crippen LogP contribution in [0.15, 0.2) is 24.3 Å². The molecule has 1 aromatic rings. The Morgan fingerprint density at radius 1 is 1.06 bits per heavy atom. The van der Waals surface area contributed by atoms with Gasteiger partial charge in [-0.05, 0) is 31.7 Å². The standard InChI is InChI=1S/C23H33NO6S/c1-3-5-6-7-18-8-10-19(11-9-18)21(25)12-13-23(27)30-16-22(26)24(4-2)20-14-15-31(28,29)17-20/h8-11,20H,3-7,12-17H2,1-2H3.